The highest BCUT2D eigenvalue weighted by atomic mass is 79.9. The Morgan fingerprint density at radius 1 is 1.29 bits per heavy atom. The Morgan fingerprint density at radius 3 is 2.57 bits per heavy atom. The largest absolute Gasteiger partial charge is 0.306 e. The number of hydrogen-bond donors (Lipinski definition) is 1. The maximum absolute atomic E-state index is 13.3. The third-order valence-corrected chi connectivity index (χ3v) is 3.66. The SMILES string of the molecule is C[C@@H](NCc1cc(F)cc([N+](=O)[O-])c1)c1ccc(Br)cc1. The molecule has 0 aliphatic rings. The van der Waals surface area contributed by atoms with Crippen LogP contribution in [0.2, 0.25) is 0 Å². The molecule has 1 atom stereocenters. The molecule has 6 heteroatoms. The number of nitrogens with one attached hydrogen (secondary N) is 1. The van der Waals surface area contributed by atoms with Gasteiger partial charge in [0.25, 0.3) is 5.69 Å². The lowest BCUT2D eigenvalue weighted by atomic mass is 10.1. The van der Waals surface area contributed by atoms with Crippen LogP contribution in [0, 0.1) is 15.9 Å². The number of non-ortho nitro benzene ring substituents is 1. The van der Waals surface area contributed by atoms with Crippen LogP contribution < -0.4 is 5.32 Å². The van der Waals surface area contributed by atoms with Crippen LogP contribution >= 0.6 is 15.9 Å². The fraction of sp³-hybridized carbons (Fsp3) is 0.200. The van der Waals surface area contributed by atoms with E-state index in [4.69, 9.17) is 0 Å². The van der Waals surface area contributed by atoms with Crippen LogP contribution in [0.3, 0.4) is 0 Å². The summed E-state index contributed by atoms with van der Waals surface area (Å²) in [6.07, 6.45) is 0. The Kier molecular flexibility index (Phi) is 5.03. The Labute approximate surface area is 130 Å². The van der Waals surface area contributed by atoms with E-state index in [-0.39, 0.29) is 11.7 Å². The molecule has 2 aromatic carbocycles. The Morgan fingerprint density at radius 2 is 1.95 bits per heavy atom. The van der Waals surface area contributed by atoms with Crippen molar-refractivity contribution in [2.75, 3.05) is 0 Å². The van der Waals surface area contributed by atoms with E-state index in [9.17, 15) is 14.5 Å². The highest BCUT2D eigenvalue weighted by Crippen LogP contribution is 2.19. The van der Waals surface area contributed by atoms with Crippen molar-refractivity contribution in [2.45, 2.75) is 19.5 Å². The minimum Gasteiger partial charge on any atom is -0.306 e. The van der Waals surface area contributed by atoms with Gasteiger partial charge in [-0.05, 0) is 36.2 Å². The van der Waals surface area contributed by atoms with Gasteiger partial charge in [-0.3, -0.25) is 10.1 Å². The van der Waals surface area contributed by atoms with E-state index in [1.165, 1.54) is 12.1 Å². The van der Waals surface area contributed by atoms with Crippen molar-refractivity contribution in [3.63, 3.8) is 0 Å². The van der Waals surface area contributed by atoms with Gasteiger partial charge < -0.3 is 5.32 Å². The smallest absolute Gasteiger partial charge is 0.272 e. The monoisotopic (exact) mass is 352 g/mol. The second kappa shape index (κ2) is 6.78. The molecule has 0 amide bonds. The molecule has 0 unspecified atom stereocenters. The lowest BCUT2D eigenvalue weighted by Gasteiger charge is -2.14. The first kappa shape index (κ1) is 15.6. The maximum Gasteiger partial charge on any atom is 0.272 e. The van der Waals surface area contributed by atoms with Crippen molar-refractivity contribution in [3.05, 3.63) is 74.0 Å². The second-order valence-corrected chi connectivity index (χ2v) is 5.64. The van der Waals surface area contributed by atoms with Gasteiger partial charge in [0, 0.05) is 23.1 Å². The summed E-state index contributed by atoms with van der Waals surface area (Å²) in [5.41, 5.74) is 1.40. The summed E-state index contributed by atoms with van der Waals surface area (Å²) < 4.78 is 14.3. The summed E-state index contributed by atoms with van der Waals surface area (Å²) in [6.45, 7) is 2.34. The molecule has 0 heterocycles. The van der Waals surface area contributed by atoms with Crippen LogP contribution in [-0.2, 0) is 6.54 Å². The lowest BCUT2D eigenvalue weighted by Crippen LogP contribution is -2.18. The van der Waals surface area contributed by atoms with Crippen LogP contribution in [0.4, 0.5) is 10.1 Å². The predicted octanol–water partition coefficient (Wildman–Crippen LogP) is 4.35. The standard InChI is InChI=1S/C15H14BrFN2O2/c1-10(12-2-4-13(16)5-3-12)18-9-11-6-14(17)8-15(7-11)19(20)21/h2-8,10,18H,9H2,1H3/t10-/m1/s1. The van der Waals surface area contributed by atoms with Gasteiger partial charge in [0.1, 0.15) is 5.82 Å². The van der Waals surface area contributed by atoms with Crippen molar-refractivity contribution in [2.24, 2.45) is 0 Å². The fourth-order valence-corrected chi connectivity index (χ4v) is 2.25. The van der Waals surface area contributed by atoms with Crippen LogP contribution in [0.5, 0.6) is 0 Å². The van der Waals surface area contributed by atoms with Crippen LogP contribution in [-0.4, -0.2) is 4.92 Å². The van der Waals surface area contributed by atoms with Crippen LogP contribution in [0.25, 0.3) is 0 Å². The molecule has 110 valence electrons. The third-order valence-electron chi connectivity index (χ3n) is 3.14. The number of nitrogens with zero attached hydrogens (tertiary/aromatic N) is 1. The van der Waals surface area contributed by atoms with Gasteiger partial charge in [-0.2, -0.15) is 0 Å². The summed E-state index contributed by atoms with van der Waals surface area (Å²) in [7, 11) is 0. The summed E-state index contributed by atoms with van der Waals surface area (Å²) >= 11 is 3.37. The molecule has 2 aromatic rings. The number of hydrogen-bond acceptors (Lipinski definition) is 3. The van der Waals surface area contributed by atoms with Gasteiger partial charge in [-0.25, -0.2) is 4.39 Å². The molecule has 0 spiro atoms. The molecule has 4 nitrogen and oxygen atoms in total. The summed E-state index contributed by atoms with van der Waals surface area (Å²) in [6, 6.07) is 11.5. The molecule has 1 N–H and O–H groups in total. The van der Waals surface area contributed by atoms with Crippen LogP contribution in [0.15, 0.2) is 46.9 Å². The molecule has 21 heavy (non-hydrogen) atoms. The lowest BCUT2D eigenvalue weighted by molar-refractivity contribution is -0.385. The topological polar surface area (TPSA) is 55.2 Å². The van der Waals surface area contributed by atoms with Gasteiger partial charge in [0.05, 0.1) is 11.0 Å². The van der Waals surface area contributed by atoms with Gasteiger partial charge >= 0.3 is 0 Å². The van der Waals surface area contributed by atoms with Gasteiger partial charge in [-0.15, -0.1) is 0 Å². The fourth-order valence-electron chi connectivity index (χ4n) is 1.98. The molecular formula is C15H14BrFN2O2. The Hall–Kier alpha value is -1.79. The zero-order valence-corrected chi connectivity index (χ0v) is 12.9. The highest BCUT2D eigenvalue weighted by Gasteiger charge is 2.11. The minimum atomic E-state index is -0.600. The molecule has 0 aliphatic carbocycles. The molecule has 0 saturated heterocycles. The quantitative estimate of drug-likeness (QED) is 0.642. The zero-order valence-electron chi connectivity index (χ0n) is 11.3. The van der Waals surface area contributed by atoms with E-state index >= 15 is 0 Å². The van der Waals surface area contributed by atoms with Gasteiger partial charge in [0.15, 0.2) is 0 Å². The first-order valence-corrected chi connectivity index (χ1v) is 7.17. The molecule has 0 saturated carbocycles. The zero-order chi connectivity index (χ0) is 15.4. The molecule has 2 rings (SSSR count). The normalized spacial score (nSPS) is 12.1. The summed E-state index contributed by atoms with van der Waals surface area (Å²) in [4.78, 5) is 10.1. The maximum atomic E-state index is 13.3. The van der Waals surface area contributed by atoms with Crippen molar-refractivity contribution in [1.82, 2.24) is 5.32 Å². The van der Waals surface area contributed by atoms with E-state index in [0.29, 0.717) is 12.1 Å². The average Bonchev–Trinajstić information content (AvgIpc) is 2.45. The number of rotatable bonds is 5. The average molecular weight is 353 g/mol. The number of nitro groups is 1. The minimum absolute atomic E-state index is 0.0559. The number of nitro benzene ring substituents is 1. The third kappa shape index (κ3) is 4.34. The number of halogens is 2. The van der Waals surface area contributed by atoms with Crippen molar-refractivity contribution < 1.29 is 9.31 Å². The molecule has 0 radical (unpaired) electrons. The van der Waals surface area contributed by atoms with Gasteiger partial charge in [-0.1, -0.05) is 28.1 Å². The van der Waals surface area contributed by atoms with E-state index in [1.54, 1.807) is 0 Å². The highest BCUT2D eigenvalue weighted by molar-refractivity contribution is 9.10. The molecule has 0 bridgehead atoms. The Balaban J connectivity index is 2.05. The van der Waals surface area contributed by atoms with Gasteiger partial charge in [0.2, 0.25) is 0 Å². The van der Waals surface area contributed by atoms with Crippen LogP contribution in [0.1, 0.15) is 24.1 Å². The molecule has 0 aromatic heterocycles. The summed E-state index contributed by atoms with van der Waals surface area (Å²) in [5, 5.41) is 13.9. The molecule has 0 fully saturated rings. The van der Waals surface area contributed by atoms with Crippen molar-refractivity contribution in [3.8, 4) is 0 Å². The van der Waals surface area contributed by atoms with E-state index in [2.05, 4.69) is 21.2 Å². The number of benzene rings is 2. The first-order chi connectivity index (χ1) is 9.95. The molecular weight excluding hydrogens is 339 g/mol. The first-order valence-electron chi connectivity index (χ1n) is 6.38. The van der Waals surface area contributed by atoms with E-state index in [1.807, 2.05) is 31.2 Å². The van der Waals surface area contributed by atoms with Crippen molar-refractivity contribution >= 4 is 21.6 Å². The summed E-state index contributed by atoms with van der Waals surface area (Å²) in [5.74, 6) is -0.600. The predicted molar refractivity (Wildman–Crippen MR) is 82.5 cm³/mol. The Bertz CT molecular complexity index is 647. The van der Waals surface area contributed by atoms with E-state index < -0.39 is 10.7 Å². The molecule has 0 aliphatic heterocycles. The van der Waals surface area contributed by atoms with Crippen molar-refractivity contribution in [1.29, 1.82) is 0 Å². The second-order valence-electron chi connectivity index (χ2n) is 4.73. The van der Waals surface area contributed by atoms with E-state index in [0.717, 1.165) is 16.1 Å².